The van der Waals surface area contributed by atoms with E-state index in [1.165, 1.54) is 0 Å². The van der Waals surface area contributed by atoms with Gasteiger partial charge in [0.05, 0.1) is 0 Å². The summed E-state index contributed by atoms with van der Waals surface area (Å²) in [5.74, 6) is 0.194. The minimum atomic E-state index is 0.194. The molecule has 0 saturated carbocycles. The monoisotopic (exact) mass is 290 g/mol. The molecule has 1 N–H and O–H groups in total. The van der Waals surface area contributed by atoms with Gasteiger partial charge in [-0.1, -0.05) is 0 Å². The summed E-state index contributed by atoms with van der Waals surface area (Å²) in [6.07, 6.45) is 4.28. The maximum absolute atomic E-state index is 12.9. The first-order chi connectivity index (χ1) is 10.2. The molecule has 116 valence electrons. The molecule has 1 aromatic rings. The predicted octanol–water partition coefficient (Wildman–Crippen LogP) is 1.19. The minimum Gasteiger partial charge on any atom is -0.340 e. The average molecular weight is 290 g/mol. The summed E-state index contributed by atoms with van der Waals surface area (Å²) in [6.45, 7) is 6.98. The Morgan fingerprint density at radius 3 is 2.76 bits per heavy atom. The molecule has 2 aliphatic heterocycles. The second-order valence-electron chi connectivity index (χ2n) is 6.39. The van der Waals surface area contributed by atoms with Crippen molar-refractivity contribution < 1.29 is 4.79 Å². The molecule has 1 aromatic heterocycles. The van der Waals surface area contributed by atoms with Gasteiger partial charge in [-0.2, -0.15) is 0 Å². The SMILES string of the molecule is CC1CN(C)CCN1C(=O)c1cccn1C1CCNCC1. The number of nitrogens with zero attached hydrogens (tertiary/aromatic N) is 3. The number of hydrogen-bond acceptors (Lipinski definition) is 3. The Kier molecular flexibility index (Phi) is 4.31. The number of hydrogen-bond donors (Lipinski definition) is 1. The molecule has 0 radical (unpaired) electrons. The second kappa shape index (κ2) is 6.20. The van der Waals surface area contributed by atoms with Crippen molar-refractivity contribution in [1.29, 1.82) is 0 Å². The van der Waals surface area contributed by atoms with Gasteiger partial charge in [0, 0.05) is 37.9 Å². The Balaban J connectivity index is 1.77. The van der Waals surface area contributed by atoms with Gasteiger partial charge in [-0.3, -0.25) is 4.79 Å². The van der Waals surface area contributed by atoms with Gasteiger partial charge >= 0.3 is 0 Å². The van der Waals surface area contributed by atoms with Crippen LogP contribution in [0.15, 0.2) is 18.3 Å². The van der Waals surface area contributed by atoms with Crippen LogP contribution in [0.4, 0.5) is 0 Å². The van der Waals surface area contributed by atoms with E-state index in [-0.39, 0.29) is 11.9 Å². The molecular formula is C16H26N4O. The van der Waals surface area contributed by atoms with Crippen molar-refractivity contribution in [2.24, 2.45) is 0 Å². The van der Waals surface area contributed by atoms with Crippen LogP contribution in [-0.4, -0.2) is 66.1 Å². The van der Waals surface area contributed by atoms with Gasteiger partial charge in [-0.05, 0) is 52.0 Å². The summed E-state index contributed by atoms with van der Waals surface area (Å²) in [7, 11) is 2.12. The van der Waals surface area contributed by atoms with Crippen LogP contribution in [0.5, 0.6) is 0 Å². The Labute approximate surface area is 126 Å². The summed E-state index contributed by atoms with van der Waals surface area (Å²) < 4.78 is 2.20. The highest BCUT2D eigenvalue weighted by Crippen LogP contribution is 2.23. The molecule has 0 spiro atoms. The maximum Gasteiger partial charge on any atom is 0.270 e. The lowest BCUT2D eigenvalue weighted by Gasteiger charge is -2.38. The number of piperidine rings is 1. The number of amides is 1. The van der Waals surface area contributed by atoms with Crippen molar-refractivity contribution in [3.8, 4) is 0 Å². The molecule has 5 heteroatoms. The first kappa shape index (κ1) is 14.6. The van der Waals surface area contributed by atoms with E-state index >= 15 is 0 Å². The lowest BCUT2D eigenvalue weighted by atomic mass is 10.1. The summed E-state index contributed by atoms with van der Waals surface area (Å²) in [4.78, 5) is 17.2. The van der Waals surface area contributed by atoms with E-state index in [4.69, 9.17) is 0 Å². The van der Waals surface area contributed by atoms with Crippen LogP contribution < -0.4 is 5.32 Å². The number of aromatic nitrogens is 1. The zero-order valence-corrected chi connectivity index (χ0v) is 13.1. The van der Waals surface area contributed by atoms with Gasteiger partial charge in [-0.25, -0.2) is 0 Å². The summed E-state index contributed by atoms with van der Waals surface area (Å²) in [5.41, 5.74) is 0.860. The molecule has 1 unspecified atom stereocenters. The lowest BCUT2D eigenvalue weighted by Crippen LogP contribution is -2.53. The molecule has 1 atom stereocenters. The normalized spacial score (nSPS) is 25.2. The number of rotatable bonds is 2. The van der Waals surface area contributed by atoms with Gasteiger partial charge in [-0.15, -0.1) is 0 Å². The molecule has 3 heterocycles. The number of carbonyl (C=O) groups is 1. The predicted molar refractivity (Wildman–Crippen MR) is 83.6 cm³/mol. The number of likely N-dealkylation sites (N-methyl/N-ethyl adjacent to an activating group) is 1. The molecule has 3 rings (SSSR count). The van der Waals surface area contributed by atoms with E-state index in [0.717, 1.165) is 51.3 Å². The van der Waals surface area contributed by atoms with Crippen molar-refractivity contribution in [3.63, 3.8) is 0 Å². The third-order valence-corrected chi connectivity index (χ3v) is 4.79. The van der Waals surface area contributed by atoms with Crippen LogP contribution in [0.25, 0.3) is 0 Å². The molecule has 0 aliphatic carbocycles. The summed E-state index contributed by atoms with van der Waals surface area (Å²) >= 11 is 0. The average Bonchev–Trinajstić information content (AvgIpc) is 2.97. The van der Waals surface area contributed by atoms with Crippen LogP contribution in [0.3, 0.4) is 0 Å². The Morgan fingerprint density at radius 2 is 2.05 bits per heavy atom. The maximum atomic E-state index is 12.9. The van der Waals surface area contributed by atoms with Gasteiger partial charge in [0.2, 0.25) is 0 Å². The van der Waals surface area contributed by atoms with E-state index in [9.17, 15) is 4.79 Å². The molecule has 2 fully saturated rings. The quantitative estimate of drug-likeness (QED) is 0.889. The Hall–Kier alpha value is -1.33. The van der Waals surface area contributed by atoms with Crippen LogP contribution >= 0.6 is 0 Å². The van der Waals surface area contributed by atoms with Crippen LogP contribution in [0.2, 0.25) is 0 Å². The second-order valence-corrected chi connectivity index (χ2v) is 6.39. The van der Waals surface area contributed by atoms with Gasteiger partial charge < -0.3 is 19.7 Å². The standard InChI is InChI=1S/C16H26N4O/c1-13-12-18(2)10-11-19(13)16(21)15-4-3-9-20(15)14-5-7-17-8-6-14/h3-4,9,13-14,17H,5-8,10-12H2,1-2H3. The first-order valence-corrected chi connectivity index (χ1v) is 8.04. The third-order valence-electron chi connectivity index (χ3n) is 4.79. The van der Waals surface area contributed by atoms with Crippen molar-refractivity contribution in [1.82, 2.24) is 19.7 Å². The number of nitrogens with one attached hydrogen (secondary N) is 1. The summed E-state index contributed by atoms with van der Waals surface area (Å²) in [6, 6.07) is 4.74. The first-order valence-electron chi connectivity index (χ1n) is 8.04. The zero-order valence-electron chi connectivity index (χ0n) is 13.1. The highest BCUT2D eigenvalue weighted by atomic mass is 16.2. The Bertz CT molecular complexity index is 492. The van der Waals surface area contributed by atoms with Crippen LogP contribution in [0, 0.1) is 0 Å². The topological polar surface area (TPSA) is 40.5 Å². The van der Waals surface area contributed by atoms with E-state index in [1.54, 1.807) is 0 Å². The van der Waals surface area contributed by atoms with E-state index in [0.29, 0.717) is 6.04 Å². The largest absolute Gasteiger partial charge is 0.340 e. The van der Waals surface area contributed by atoms with Crippen molar-refractivity contribution in [2.75, 3.05) is 39.8 Å². The molecule has 0 aromatic carbocycles. The number of piperazine rings is 1. The highest BCUT2D eigenvalue weighted by Gasteiger charge is 2.29. The third kappa shape index (κ3) is 2.99. The van der Waals surface area contributed by atoms with Crippen molar-refractivity contribution in [2.45, 2.75) is 31.8 Å². The molecular weight excluding hydrogens is 264 g/mol. The van der Waals surface area contributed by atoms with E-state index in [2.05, 4.69) is 35.0 Å². The van der Waals surface area contributed by atoms with E-state index in [1.807, 2.05) is 17.0 Å². The van der Waals surface area contributed by atoms with Crippen LogP contribution in [0.1, 0.15) is 36.3 Å². The zero-order chi connectivity index (χ0) is 14.8. The molecule has 0 bridgehead atoms. The molecule has 2 saturated heterocycles. The van der Waals surface area contributed by atoms with E-state index < -0.39 is 0 Å². The van der Waals surface area contributed by atoms with Crippen molar-refractivity contribution in [3.05, 3.63) is 24.0 Å². The summed E-state index contributed by atoms with van der Waals surface area (Å²) in [5, 5.41) is 3.39. The fraction of sp³-hybridized carbons (Fsp3) is 0.688. The number of carbonyl (C=O) groups excluding carboxylic acids is 1. The minimum absolute atomic E-state index is 0.194. The van der Waals surface area contributed by atoms with Crippen molar-refractivity contribution >= 4 is 5.91 Å². The van der Waals surface area contributed by atoms with Crippen LogP contribution in [-0.2, 0) is 0 Å². The van der Waals surface area contributed by atoms with Gasteiger partial charge in [0.15, 0.2) is 0 Å². The van der Waals surface area contributed by atoms with Gasteiger partial charge in [0.25, 0.3) is 5.91 Å². The fourth-order valence-electron chi connectivity index (χ4n) is 3.57. The van der Waals surface area contributed by atoms with Gasteiger partial charge in [0.1, 0.15) is 5.69 Å². The molecule has 1 amide bonds. The molecule has 5 nitrogen and oxygen atoms in total. The lowest BCUT2D eigenvalue weighted by molar-refractivity contribution is 0.0519. The molecule has 2 aliphatic rings. The fourth-order valence-corrected chi connectivity index (χ4v) is 3.57. The smallest absolute Gasteiger partial charge is 0.270 e. The highest BCUT2D eigenvalue weighted by molar-refractivity contribution is 5.93. The Morgan fingerprint density at radius 1 is 1.29 bits per heavy atom. The molecule has 21 heavy (non-hydrogen) atoms.